The number of rotatable bonds is 5. The first-order valence-electron chi connectivity index (χ1n) is 11.5. The summed E-state index contributed by atoms with van der Waals surface area (Å²) in [5, 5.41) is 2.69. The molecule has 1 amide bonds. The number of hydrogen-bond donors (Lipinski definition) is 1. The molecule has 0 spiro atoms. The maximum atomic E-state index is 12.5. The molecule has 31 heavy (non-hydrogen) atoms. The van der Waals surface area contributed by atoms with Crippen molar-refractivity contribution in [2.45, 2.75) is 63.9 Å². The molecular weight excluding hydrogens is 414 g/mol. The Morgan fingerprint density at radius 3 is 2.84 bits per heavy atom. The molecule has 0 bridgehead atoms. The third-order valence-electron chi connectivity index (χ3n) is 7.47. The van der Waals surface area contributed by atoms with Gasteiger partial charge < -0.3 is 14.8 Å². The molecule has 0 aromatic heterocycles. The fourth-order valence-corrected chi connectivity index (χ4v) is 5.33. The van der Waals surface area contributed by atoms with Gasteiger partial charge in [-0.2, -0.15) is 0 Å². The summed E-state index contributed by atoms with van der Waals surface area (Å²) in [5.74, 6) is 1.06. The Morgan fingerprint density at radius 1 is 1.29 bits per heavy atom. The highest BCUT2D eigenvalue weighted by Crippen LogP contribution is 2.52. The molecule has 0 aromatic carbocycles. The number of nitrogens with one attached hydrogen (secondary N) is 1. The number of aliphatic imine (C=N–C) groups is 2. The second-order valence-corrected chi connectivity index (χ2v) is 10.2. The molecule has 4 rings (SSSR count). The van der Waals surface area contributed by atoms with Gasteiger partial charge in [0.25, 0.3) is 5.91 Å². The van der Waals surface area contributed by atoms with Crippen LogP contribution in [-0.4, -0.2) is 55.7 Å². The molecule has 3 heterocycles. The van der Waals surface area contributed by atoms with Crippen molar-refractivity contribution in [3.8, 4) is 0 Å². The maximum absolute atomic E-state index is 12.5. The monoisotopic (exact) mass is 447 g/mol. The van der Waals surface area contributed by atoms with Crippen molar-refractivity contribution in [1.29, 1.82) is 0 Å². The Bertz CT molecular complexity index is 796. The van der Waals surface area contributed by atoms with E-state index in [1.54, 1.807) is 6.21 Å². The molecule has 4 atom stereocenters. The van der Waals surface area contributed by atoms with Gasteiger partial charge in [-0.15, -0.1) is 11.6 Å². The van der Waals surface area contributed by atoms with E-state index in [0.717, 1.165) is 64.0 Å². The molecule has 2 fully saturated rings. The standard InChI is InChI=1S/C24H34ClN3O3/c1-23(9-3-5-18(13-23)26-15-17-7-11-30-12-8-17)24(2)14-21(27-16-20(24)25)28-22(29)19-6-4-10-31-19/h3,5,14,16-17,19-20H,4,6-13,15H2,1-2H3,(H,28,29). The first-order valence-corrected chi connectivity index (χ1v) is 11.9. The fourth-order valence-electron chi connectivity index (χ4n) is 4.95. The number of amides is 1. The lowest BCUT2D eigenvalue weighted by Crippen LogP contribution is -2.48. The fraction of sp³-hybridized carbons (Fsp3) is 0.708. The van der Waals surface area contributed by atoms with E-state index in [2.05, 4.69) is 36.3 Å². The van der Waals surface area contributed by atoms with Crippen molar-refractivity contribution in [2.75, 3.05) is 26.4 Å². The zero-order chi connectivity index (χ0) is 21.9. The van der Waals surface area contributed by atoms with Crippen LogP contribution in [0.5, 0.6) is 0 Å². The molecule has 1 N–H and O–H groups in total. The van der Waals surface area contributed by atoms with Crippen LogP contribution >= 0.6 is 11.6 Å². The van der Waals surface area contributed by atoms with Gasteiger partial charge in [0, 0.05) is 43.7 Å². The van der Waals surface area contributed by atoms with Crippen molar-refractivity contribution in [3.05, 3.63) is 24.0 Å². The average molecular weight is 448 g/mol. The highest BCUT2D eigenvalue weighted by atomic mass is 35.5. The molecule has 7 heteroatoms. The lowest BCUT2D eigenvalue weighted by atomic mass is 9.58. The van der Waals surface area contributed by atoms with Crippen LogP contribution in [-0.2, 0) is 14.3 Å². The average Bonchev–Trinajstić information content (AvgIpc) is 3.31. The number of carbonyl (C=O) groups excluding carboxylic acids is 1. The lowest BCUT2D eigenvalue weighted by Gasteiger charge is -2.49. The summed E-state index contributed by atoms with van der Waals surface area (Å²) in [5.41, 5.74) is 0.625. The number of allylic oxidation sites excluding steroid dienone is 3. The number of carbonyl (C=O) groups is 1. The molecule has 0 aromatic rings. The van der Waals surface area contributed by atoms with Crippen LogP contribution in [0.2, 0.25) is 0 Å². The summed E-state index contributed by atoms with van der Waals surface area (Å²) >= 11 is 6.81. The van der Waals surface area contributed by atoms with E-state index in [1.165, 1.54) is 0 Å². The Morgan fingerprint density at radius 2 is 2.10 bits per heavy atom. The van der Waals surface area contributed by atoms with E-state index < -0.39 is 0 Å². The summed E-state index contributed by atoms with van der Waals surface area (Å²) in [7, 11) is 0. The number of nitrogens with zero attached hydrogens (tertiary/aromatic N) is 2. The van der Waals surface area contributed by atoms with Crippen molar-refractivity contribution >= 4 is 29.4 Å². The number of halogens is 1. The van der Waals surface area contributed by atoms with Gasteiger partial charge in [-0.3, -0.25) is 9.79 Å². The highest BCUT2D eigenvalue weighted by molar-refractivity contribution is 6.29. The van der Waals surface area contributed by atoms with Crippen molar-refractivity contribution < 1.29 is 14.3 Å². The summed E-state index contributed by atoms with van der Waals surface area (Å²) in [4.78, 5) is 21.9. The SMILES string of the molecule is CC1(C2(C)C=C(NC(=O)C3CCCO3)N=CC2Cl)CC=CC(=NCC2CCOCC2)C1. The predicted octanol–water partition coefficient (Wildman–Crippen LogP) is 4.05. The highest BCUT2D eigenvalue weighted by Gasteiger charge is 2.49. The third kappa shape index (κ3) is 4.96. The zero-order valence-electron chi connectivity index (χ0n) is 18.6. The second-order valence-electron chi connectivity index (χ2n) is 9.71. The molecular formula is C24H34ClN3O3. The summed E-state index contributed by atoms with van der Waals surface area (Å²) < 4.78 is 11.0. The van der Waals surface area contributed by atoms with Crippen molar-refractivity contribution in [1.82, 2.24) is 5.32 Å². The van der Waals surface area contributed by atoms with E-state index >= 15 is 0 Å². The molecule has 2 saturated heterocycles. The molecule has 4 unspecified atom stereocenters. The van der Waals surface area contributed by atoms with E-state index in [0.29, 0.717) is 18.3 Å². The topological polar surface area (TPSA) is 72.3 Å². The molecule has 6 nitrogen and oxygen atoms in total. The zero-order valence-corrected chi connectivity index (χ0v) is 19.4. The summed E-state index contributed by atoms with van der Waals surface area (Å²) in [6.45, 7) is 7.63. The normalized spacial score (nSPS) is 37.8. The number of alkyl halides is 1. The molecule has 1 aliphatic carbocycles. The minimum Gasteiger partial charge on any atom is -0.381 e. The first kappa shape index (κ1) is 22.7. The second kappa shape index (κ2) is 9.55. The van der Waals surface area contributed by atoms with Crippen LogP contribution < -0.4 is 5.32 Å². The number of ether oxygens (including phenoxy) is 2. The Hall–Kier alpha value is -1.50. The molecule has 0 radical (unpaired) electrons. The van der Waals surface area contributed by atoms with Crippen LogP contribution in [0.15, 0.2) is 34.0 Å². The Labute approximate surface area is 190 Å². The van der Waals surface area contributed by atoms with Gasteiger partial charge in [0.2, 0.25) is 0 Å². The maximum Gasteiger partial charge on any atom is 0.254 e. The van der Waals surface area contributed by atoms with Gasteiger partial charge in [0.15, 0.2) is 0 Å². The largest absolute Gasteiger partial charge is 0.381 e. The van der Waals surface area contributed by atoms with Crippen LogP contribution in [0, 0.1) is 16.7 Å². The molecule has 3 aliphatic heterocycles. The van der Waals surface area contributed by atoms with Crippen molar-refractivity contribution in [2.24, 2.45) is 26.7 Å². The van der Waals surface area contributed by atoms with E-state index in [9.17, 15) is 4.79 Å². The molecule has 170 valence electrons. The molecule has 0 saturated carbocycles. The smallest absolute Gasteiger partial charge is 0.254 e. The Kier molecular flexibility index (Phi) is 6.99. The third-order valence-corrected chi connectivity index (χ3v) is 8.04. The van der Waals surface area contributed by atoms with Gasteiger partial charge in [-0.1, -0.05) is 19.9 Å². The van der Waals surface area contributed by atoms with Gasteiger partial charge >= 0.3 is 0 Å². The quantitative estimate of drug-likeness (QED) is 0.646. The van der Waals surface area contributed by atoms with E-state index in [4.69, 9.17) is 26.1 Å². The van der Waals surface area contributed by atoms with Gasteiger partial charge in [-0.05, 0) is 62.0 Å². The van der Waals surface area contributed by atoms with Crippen LogP contribution in [0.25, 0.3) is 0 Å². The Balaban J connectivity index is 1.48. The minimum atomic E-state index is -0.381. The minimum absolute atomic E-state index is 0.122. The van der Waals surface area contributed by atoms with E-state index in [1.807, 2.05) is 6.08 Å². The van der Waals surface area contributed by atoms with Crippen LogP contribution in [0.3, 0.4) is 0 Å². The van der Waals surface area contributed by atoms with Gasteiger partial charge in [0.05, 0.1) is 5.38 Å². The van der Waals surface area contributed by atoms with Crippen LogP contribution in [0.1, 0.15) is 52.4 Å². The van der Waals surface area contributed by atoms with Gasteiger partial charge in [0.1, 0.15) is 11.9 Å². The van der Waals surface area contributed by atoms with Crippen molar-refractivity contribution in [3.63, 3.8) is 0 Å². The number of hydrogen-bond acceptors (Lipinski definition) is 5. The predicted molar refractivity (Wildman–Crippen MR) is 124 cm³/mol. The van der Waals surface area contributed by atoms with E-state index in [-0.39, 0.29) is 28.2 Å². The van der Waals surface area contributed by atoms with Gasteiger partial charge in [-0.25, -0.2) is 4.99 Å². The van der Waals surface area contributed by atoms with Crippen LogP contribution in [0.4, 0.5) is 0 Å². The first-order chi connectivity index (χ1) is 14.9. The summed E-state index contributed by atoms with van der Waals surface area (Å²) in [6, 6.07) is 0. The summed E-state index contributed by atoms with van der Waals surface area (Å²) in [6.07, 6.45) is 13.4. The lowest BCUT2D eigenvalue weighted by molar-refractivity contribution is -0.129. The molecule has 4 aliphatic rings.